The minimum atomic E-state index is -0.605. The highest BCUT2D eigenvalue weighted by atomic mass is 32.1. The Labute approximate surface area is 205 Å². The predicted molar refractivity (Wildman–Crippen MR) is 130 cm³/mol. The summed E-state index contributed by atoms with van der Waals surface area (Å²) in [6.07, 6.45) is 4.93. The molecule has 3 rings (SSSR count). The number of carbonyl (C=O) groups is 3. The normalized spacial score (nSPS) is 12.4. The number of amides is 3. The molecule has 0 atom stereocenters. The molecule has 11 nitrogen and oxygen atoms in total. The summed E-state index contributed by atoms with van der Waals surface area (Å²) in [6, 6.07) is 1.61. The van der Waals surface area contributed by atoms with Gasteiger partial charge >= 0.3 is 12.0 Å². The minimum Gasteiger partial charge on any atom is -0.444 e. The molecule has 0 saturated carbocycles. The molecule has 3 heterocycles. The van der Waals surface area contributed by atoms with Crippen LogP contribution in [0.25, 0.3) is 10.3 Å². The number of alkyl carbamates (subject to hydrolysis) is 1. The highest BCUT2D eigenvalue weighted by Gasteiger charge is 2.19. The zero-order valence-corrected chi connectivity index (χ0v) is 21.1. The van der Waals surface area contributed by atoms with Gasteiger partial charge in [0.1, 0.15) is 5.60 Å². The average Bonchev–Trinajstić information content (AvgIpc) is 3.31. The lowest BCUT2D eigenvalue weighted by Crippen LogP contribution is -2.32. The lowest BCUT2D eigenvalue weighted by molar-refractivity contribution is 0.0533. The van der Waals surface area contributed by atoms with Crippen molar-refractivity contribution < 1.29 is 23.5 Å². The summed E-state index contributed by atoms with van der Waals surface area (Å²) >= 11 is 1.19. The van der Waals surface area contributed by atoms with E-state index in [0.717, 1.165) is 0 Å². The summed E-state index contributed by atoms with van der Waals surface area (Å²) in [5, 5.41) is 2.64. The van der Waals surface area contributed by atoms with Crippen molar-refractivity contribution in [2.75, 3.05) is 6.54 Å². The Balaban J connectivity index is 1.91. The standard InChI is InChI=1S/C23H28N6O5S/c1-6-15-17(33-13(2)27-15)20(31)28-21-29(10-8-7-9-25-22(32)34-23(3,4)5)19-16(35-21)11-14(12-26-19)18(24)30/h7-8,11-12H,6,9-10H2,1-5H3,(H2,24,30)(H,25,32)/b8-7+,28-21-. The zero-order chi connectivity index (χ0) is 25.8. The molecule has 3 aromatic heterocycles. The molecule has 0 aliphatic carbocycles. The van der Waals surface area contributed by atoms with E-state index in [9.17, 15) is 14.4 Å². The molecule has 186 valence electrons. The van der Waals surface area contributed by atoms with Crippen molar-refractivity contribution in [3.05, 3.63) is 52.1 Å². The van der Waals surface area contributed by atoms with Gasteiger partial charge in [0.25, 0.3) is 0 Å². The van der Waals surface area contributed by atoms with Gasteiger partial charge in [0.05, 0.1) is 16.0 Å². The second-order valence-electron chi connectivity index (χ2n) is 8.54. The zero-order valence-electron chi connectivity index (χ0n) is 20.2. The number of allylic oxidation sites excluding steroid dienone is 1. The number of oxazole rings is 1. The Morgan fingerprint density at radius 3 is 2.71 bits per heavy atom. The number of carbonyl (C=O) groups excluding carboxylic acids is 3. The third-order valence-electron chi connectivity index (χ3n) is 4.55. The van der Waals surface area contributed by atoms with E-state index in [1.54, 1.807) is 50.5 Å². The number of nitrogens with zero attached hydrogens (tertiary/aromatic N) is 4. The first-order chi connectivity index (χ1) is 16.5. The summed E-state index contributed by atoms with van der Waals surface area (Å²) < 4.78 is 13.0. The van der Waals surface area contributed by atoms with E-state index >= 15 is 0 Å². The number of fused-ring (bicyclic) bond motifs is 1. The number of aryl methyl sites for hydroxylation is 2. The number of thiazole rings is 1. The van der Waals surface area contributed by atoms with E-state index in [1.807, 2.05) is 6.92 Å². The van der Waals surface area contributed by atoms with Crippen LogP contribution in [0.3, 0.4) is 0 Å². The van der Waals surface area contributed by atoms with Gasteiger partial charge in [-0.3, -0.25) is 14.2 Å². The van der Waals surface area contributed by atoms with Crippen molar-refractivity contribution in [2.24, 2.45) is 10.7 Å². The summed E-state index contributed by atoms with van der Waals surface area (Å²) in [4.78, 5) is 49.5. The summed E-state index contributed by atoms with van der Waals surface area (Å²) in [7, 11) is 0. The van der Waals surface area contributed by atoms with Gasteiger partial charge in [0, 0.05) is 26.2 Å². The Morgan fingerprint density at radius 1 is 1.31 bits per heavy atom. The van der Waals surface area contributed by atoms with Crippen LogP contribution in [0.4, 0.5) is 4.79 Å². The number of hydrogen-bond acceptors (Lipinski definition) is 8. The molecular weight excluding hydrogens is 472 g/mol. The van der Waals surface area contributed by atoms with Crippen molar-refractivity contribution in [2.45, 2.75) is 53.2 Å². The lowest BCUT2D eigenvalue weighted by Gasteiger charge is -2.19. The average molecular weight is 501 g/mol. The first-order valence-corrected chi connectivity index (χ1v) is 11.8. The molecule has 0 fully saturated rings. The molecule has 0 bridgehead atoms. The van der Waals surface area contributed by atoms with Crippen LogP contribution in [-0.4, -0.2) is 44.6 Å². The number of hydrogen-bond donors (Lipinski definition) is 2. The van der Waals surface area contributed by atoms with Gasteiger partial charge in [0.2, 0.25) is 11.7 Å². The number of primary amides is 1. The maximum Gasteiger partial charge on any atom is 0.407 e. The van der Waals surface area contributed by atoms with Gasteiger partial charge in [-0.25, -0.2) is 14.8 Å². The minimum absolute atomic E-state index is 0.0943. The Morgan fingerprint density at radius 2 is 2.06 bits per heavy atom. The second-order valence-corrected chi connectivity index (χ2v) is 9.55. The van der Waals surface area contributed by atoms with Crippen molar-refractivity contribution in [3.8, 4) is 0 Å². The van der Waals surface area contributed by atoms with Gasteiger partial charge in [-0.1, -0.05) is 30.4 Å². The smallest absolute Gasteiger partial charge is 0.407 e. The predicted octanol–water partition coefficient (Wildman–Crippen LogP) is 2.88. The molecule has 0 saturated heterocycles. The Bertz CT molecular complexity index is 1360. The fourth-order valence-corrected chi connectivity index (χ4v) is 4.11. The Hall–Kier alpha value is -3.80. The molecule has 3 N–H and O–H groups in total. The van der Waals surface area contributed by atoms with Crippen LogP contribution in [0.1, 0.15) is 60.2 Å². The van der Waals surface area contributed by atoms with Crippen molar-refractivity contribution in [1.29, 1.82) is 0 Å². The van der Waals surface area contributed by atoms with Crippen molar-refractivity contribution in [3.63, 3.8) is 0 Å². The highest BCUT2D eigenvalue weighted by Crippen LogP contribution is 2.18. The molecule has 0 spiro atoms. The number of nitrogens with one attached hydrogen (secondary N) is 1. The number of rotatable bonds is 7. The fraction of sp³-hybridized carbons (Fsp3) is 0.391. The van der Waals surface area contributed by atoms with Crippen molar-refractivity contribution >= 4 is 39.6 Å². The van der Waals surface area contributed by atoms with Gasteiger partial charge in [0.15, 0.2) is 16.3 Å². The van der Waals surface area contributed by atoms with Gasteiger partial charge in [-0.05, 0) is 33.3 Å². The number of ether oxygens (including phenoxy) is 1. The number of pyridine rings is 1. The van der Waals surface area contributed by atoms with E-state index in [4.69, 9.17) is 14.9 Å². The number of nitrogens with two attached hydrogens (primary N) is 1. The SMILES string of the molecule is CCc1nc(C)oc1C(=O)/N=c1\sc2cc(C(N)=O)cnc2n1C/C=C/CNC(=O)OC(C)(C)C. The van der Waals surface area contributed by atoms with E-state index in [0.29, 0.717) is 39.7 Å². The molecule has 3 amide bonds. The van der Waals surface area contributed by atoms with Crippen LogP contribution in [0.5, 0.6) is 0 Å². The maximum atomic E-state index is 12.9. The molecule has 35 heavy (non-hydrogen) atoms. The molecule has 0 radical (unpaired) electrons. The molecule has 0 aliphatic heterocycles. The van der Waals surface area contributed by atoms with E-state index in [1.165, 1.54) is 17.5 Å². The summed E-state index contributed by atoms with van der Waals surface area (Å²) in [5.41, 5.74) is 6.11. The van der Waals surface area contributed by atoms with E-state index in [2.05, 4.69) is 20.3 Å². The first kappa shape index (κ1) is 25.8. The summed E-state index contributed by atoms with van der Waals surface area (Å²) in [5.74, 6) is -0.685. The van der Waals surface area contributed by atoms with Gasteiger partial charge < -0.3 is 20.2 Å². The maximum absolute atomic E-state index is 12.9. The molecule has 3 aromatic rings. The molecular formula is C23H28N6O5S. The second kappa shape index (κ2) is 10.6. The van der Waals surface area contributed by atoms with Gasteiger partial charge in [-0.2, -0.15) is 4.99 Å². The van der Waals surface area contributed by atoms with Crippen LogP contribution in [0.15, 0.2) is 33.8 Å². The molecule has 0 aromatic carbocycles. The highest BCUT2D eigenvalue weighted by molar-refractivity contribution is 7.16. The number of aromatic nitrogens is 3. The Kier molecular flexibility index (Phi) is 7.85. The molecule has 0 unspecified atom stereocenters. The summed E-state index contributed by atoms with van der Waals surface area (Å²) in [6.45, 7) is 9.45. The van der Waals surface area contributed by atoms with Crippen LogP contribution >= 0.6 is 11.3 Å². The largest absolute Gasteiger partial charge is 0.444 e. The van der Waals surface area contributed by atoms with Crippen LogP contribution in [0, 0.1) is 6.92 Å². The third kappa shape index (κ3) is 6.63. The van der Waals surface area contributed by atoms with E-state index < -0.39 is 23.5 Å². The van der Waals surface area contributed by atoms with Gasteiger partial charge in [-0.15, -0.1) is 0 Å². The fourth-order valence-electron chi connectivity index (χ4n) is 3.08. The molecule has 12 heteroatoms. The lowest BCUT2D eigenvalue weighted by atomic mass is 10.2. The first-order valence-electron chi connectivity index (χ1n) is 10.9. The van der Waals surface area contributed by atoms with Crippen LogP contribution in [0.2, 0.25) is 0 Å². The third-order valence-corrected chi connectivity index (χ3v) is 5.57. The van der Waals surface area contributed by atoms with E-state index in [-0.39, 0.29) is 17.9 Å². The van der Waals surface area contributed by atoms with Crippen molar-refractivity contribution in [1.82, 2.24) is 19.9 Å². The topological polar surface area (TPSA) is 155 Å². The monoisotopic (exact) mass is 500 g/mol. The quantitative estimate of drug-likeness (QED) is 0.473. The molecule has 0 aliphatic rings. The van der Waals surface area contributed by atoms with Crippen LogP contribution < -0.4 is 15.9 Å². The van der Waals surface area contributed by atoms with Crippen LogP contribution in [-0.2, 0) is 17.7 Å².